The zero-order valence-electron chi connectivity index (χ0n) is 13.5. The maximum Gasteiger partial charge on any atom is 0.257 e. The highest BCUT2D eigenvalue weighted by atomic mass is 19.1. The number of carbonyl (C=O) groups is 1. The van der Waals surface area contributed by atoms with Gasteiger partial charge in [0.05, 0.1) is 11.3 Å². The second kappa shape index (κ2) is 6.62. The lowest BCUT2D eigenvalue weighted by molar-refractivity contribution is 0.102. The predicted octanol–water partition coefficient (Wildman–Crippen LogP) is 4.76. The Kier molecular flexibility index (Phi) is 4.38. The molecule has 0 aliphatic rings. The molecule has 0 unspecified atom stereocenters. The second-order valence-electron chi connectivity index (χ2n) is 5.77. The summed E-state index contributed by atoms with van der Waals surface area (Å²) in [6.45, 7) is 3.98. The molecule has 0 spiro atoms. The van der Waals surface area contributed by atoms with Gasteiger partial charge in [-0.25, -0.2) is 4.39 Å². The molecule has 24 heavy (non-hydrogen) atoms. The molecule has 0 saturated carbocycles. The van der Waals surface area contributed by atoms with Gasteiger partial charge in [-0.2, -0.15) is 0 Å². The van der Waals surface area contributed by atoms with Crippen LogP contribution in [0.4, 0.5) is 10.1 Å². The average Bonchev–Trinajstić information content (AvgIpc) is 2.55. The number of rotatable bonds is 3. The van der Waals surface area contributed by atoms with Crippen molar-refractivity contribution in [1.82, 2.24) is 4.98 Å². The van der Waals surface area contributed by atoms with E-state index in [9.17, 15) is 9.18 Å². The van der Waals surface area contributed by atoms with Gasteiger partial charge in [0.15, 0.2) is 0 Å². The molecule has 0 saturated heterocycles. The average molecular weight is 320 g/mol. The van der Waals surface area contributed by atoms with E-state index in [4.69, 9.17) is 0 Å². The maximum atomic E-state index is 13.0. The number of aromatic nitrogens is 1. The van der Waals surface area contributed by atoms with Crippen LogP contribution < -0.4 is 5.32 Å². The van der Waals surface area contributed by atoms with Crippen molar-refractivity contribution >= 4 is 11.6 Å². The monoisotopic (exact) mass is 320 g/mol. The molecular weight excluding hydrogens is 303 g/mol. The van der Waals surface area contributed by atoms with E-state index in [2.05, 4.69) is 16.4 Å². The first-order chi connectivity index (χ1) is 11.5. The van der Waals surface area contributed by atoms with E-state index in [1.54, 1.807) is 24.3 Å². The van der Waals surface area contributed by atoms with Crippen molar-refractivity contribution in [3.05, 3.63) is 83.3 Å². The van der Waals surface area contributed by atoms with E-state index in [-0.39, 0.29) is 11.7 Å². The largest absolute Gasteiger partial charge is 0.322 e. The second-order valence-corrected chi connectivity index (χ2v) is 5.77. The molecule has 0 aliphatic carbocycles. The van der Waals surface area contributed by atoms with Crippen LogP contribution in [0.1, 0.15) is 21.5 Å². The van der Waals surface area contributed by atoms with Gasteiger partial charge in [0.1, 0.15) is 5.82 Å². The van der Waals surface area contributed by atoms with Gasteiger partial charge in [0, 0.05) is 17.4 Å². The topological polar surface area (TPSA) is 42.0 Å². The van der Waals surface area contributed by atoms with Gasteiger partial charge in [0.25, 0.3) is 5.91 Å². The molecule has 3 nitrogen and oxygen atoms in total. The van der Waals surface area contributed by atoms with Crippen molar-refractivity contribution in [1.29, 1.82) is 0 Å². The molecule has 2 aromatic carbocycles. The van der Waals surface area contributed by atoms with Crippen LogP contribution in [0, 0.1) is 19.7 Å². The number of halogens is 1. The van der Waals surface area contributed by atoms with E-state index in [0.29, 0.717) is 11.3 Å². The fourth-order valence-corrected chi connectivity index (χ4v) is 2.57. The fraction of sp³-hybridized carbons (Fsp3) is 0.100. The number of amides is 1. The lowest BCUT2D eigenvalue weighted by atomic mass is 10.1. The highest BCUT2D eigenvalue weighted by molar-refractivity contribution is 6.04. The number of nitrogens with zero attached hydrogens (tertiary/aromatic N) is 1. The Morgan fingerprint density at radius 1 is 0.958 bits per heavy atom. The minimum atomic E-state index is -0.289. The summed E-state index contributed by atoms with van der Waals surface area (Å²) in [6, 6.07) is 15.5. The number of pyridine rings is 1. The summed E-state index contributed by atoms with van der Waals surface area (Å²) >= 11 is 0. The predicted molar refractivity (Wildman–Crippen MR) is 93.5 cm³/mol. The van der Waals surface area contributed by atoms with E-state index in [1.807, 2.05) is 26.0 Å². The van der Waals surface area contributed by atoms with Crippen molar-refractivity contribution in [3.8, 4) is 11.3 Å². The van der Waals surface area contributed by atoms with E-state index in [1.165, 1.54) is 18.3 Å². The van der Waals surface area contributed by atoms with Crippen LogP contribution in [-0.2, 0) is 0 Å². The molecule has 0 bridgehead atoms. The third-order valence-electron chi connectivity index (χ3n) is 3.65. The summed E-state index contributed by atoms with van der Waals surface area (Å²) in [5, 5.41) is 2.88. The zero-order valence-corrected chi connectivity index (χ0v) is 13.5. The van der Waals surface area contributed by atoms with Crippen LogP contribution in [0.5, 0.6) is 0 Å². The summed E-state index contributed by atoms with van der Waals surface area (Å²) in [4.78, 5) is 16.6. The zero-order chi connectivity index (χ0) is 17.1. The minimum absolute atomic E-state index is 0.210. The van der Waals surface area contributed by atoms with Crippen molar-refractivity contribution in [2.45, 2.75) is 13.8 Å². The van der Waals surface area contributed by atoms with Crippen molar-refractivity contribution in [2.75, 3.05) is 5.32 Å². The van der Waals surface area contributed by atoms with Gasteiger partial charge in [-0.15, -0.1) is 0 Å². The molecule has 4 heteroatoms. The third-order valence-corrected chi connectivity index (χ3v) is 3.65. The molecule has 120 valence electrons. The highest BCUT2D eigenvalue weighted by Gasteiger charge is 2.08. The first-order valence-electron chi connectivity index (χ1n) is 7.63. The van der Waals surface area contributed by atoms with Gasteiger partial charge >= 0.3 is 0 Å². The minimum Gasteiger partial charge on any atom is -0.322 e. The molecule has 1 amide bonds. The molecule has 0 fully saturated rings. The quantitative estimate of drug-likeness (QED) is 0.756. The summed E-state index contributed by atoms with van der Waals surface area (Å²) in [5.74, 6) is -0.499. The number of hydrogen-bond acceptors (Lipinski definition) is 2. The van der Waals surface area contributed by atoms with Crippen molar-refractivity contribution in [2.24, 2.45) is 0 Å². The highest BCUT2D eigenvalue weighted by Crippen LogP contribution is 2.19. The summed E-state index contributed by atoms with van der Waals surface area (Å²) in [7, 11) is 0. The molecule has 3 aromatic rings. The third kappa shape index (κ3) is 3.66. The smallest absolute Gasteiger partial charge is 0.257 e. The van der Waals surface area contributed by atoms with Crippen LogP contribution in [0.25, 0.3) is 11.3 Å². The SMILES string of the molecule is Cc1cc(C)cc(NC(=O)c2ccc(-c3ccc(F)cc3)nc2)c1. The molecule has 0 radical (unpaired) electrons. The Labute approximate surface area is 140 Å². The maximum absolute atomic E-state index is 13.0. The Bertz CT molecular complexity index is 851. The number of benzene rings is 2. The molecule has 1 N–H and O–H groups in total. The molecule has 1 heterocycles. The standard InChI is InChI=1S/C20H17FN2O/c1-13-9-14(2)11-18(10-13)23-20(24)16-5-8-19(22-12-16)15-3-6-17(21)7-4-15/h3-12H,1-2H3,(H,23,24). The summed E-state index contributed by atoms with van der Waals surface area (Å²) in [6.07, 6.45) is 1.52. The van der Waals surface area contributed by atoms with Gasteiger partial charge in [0.2, 0.25) is 0 Å². The van der Waals surface area contributed by atoms with Crippen LogP contribution in [0.3, 0.4) is 0 Å². The molecule has 3 rings (SSSR count). The Morgan fingerprint density at radius 3 is 2.21 bits per heavy atom. The number of carbonyl (C=O) groups excluding carboxylic acids is 1. The number of anilines is 1. The first-order valence-corrected chi connectivity index (χ1v) is 7.63. The van der Waals surface area contributed by atoms with Crippen molar-refractivity contribution < 1.29 is 9.18 Å². The number of aryl methyl sites for hydroxylation is 2. The lowest BCUT2D eigenvalue weighted by Gasteiger charge is -2.08. The van der Waals surface area contributed by atoms with Gasteiger partial charge in [-0.3, -0.25) is 9.78 Å². The molecule has 0 aliphatic heterocycles. The normalized spacial score (nSPS) is 10.5. The summed E-state index contributed by atoms with van der Waals surface area (Å²) in [5.41, 5.74) is 4.92. The Balaban J connectivity index is 1.77. The van der Waals surface area contributed by atoms with Gasteiger partial charge in [-0.05, 0) is 73.5 Å². The number of hydrogen-bond donors (Lipinski definition) is 1. The van der Waals surface area contributed by atoms with Crippen LogP contribution in [0.2, 0.25) is 0 Å². The Hall–Kier alpha value is -3.01. The molecule has 1 aromatic heterocycles. The summed E-state index contributed by atoms with van der Waals surface area (Å²) < 4.78 is 13.0. The van der Waals surface area contributed by atoms with Gasteiger partial charge in [-0.1, -0.05) is 6.07 Å². The lowest BCUT2D eigenvalue weighted by Crippen LogP contribution is -2.12. The molecule has 0 atom stereocenters. The van der Waals surface area contributed by atoms with E-state index < -0.39 is 0 Å². The van der Waals surface area contributed by atoms with Crippen LogP contribution in [0.15, 0.2) is 60.8 Å². The Morgan fingerprint density at radius 2 is 1.62 bits per heavy atom. The molecular formula is C20H17FN2O. The van der Waals surface area contributed by atoms with E-state index >= 15 is 0 Å². The number of nitrogens with one attached hydrogen (secondary N) is 1. The van der Waals surface area contributed by atoms with Crippen LogP contribution >= 0.6 is 0 Å². The van der Waals surface area contributed by atoms with E-state index in [0.717, 1.165) is 22.4 Å². The fourth-order valence-electron chi connectivity index (χ4n) is 2.57. The van der Waals surface area contributed by atoms with Crippen molar-refractivity contribution in [3.63, 3.8) is 0 Å². The first kappa shape index (κ1) is 15.9. The van der Waals surface area contributed by atoms with Crippen LogP contribution in [-0.4, -0.2) is 10.9 Å². The van der Waals surface area contributed by atoms with Gasteiger partial charge < -0.3 is 5.32 Å².